The summed E-state index contributed by atoms with van der Waals surface area (Å²) in [5.41, 5.74) is 3.54. The van der Waals surface area contributed by atoms with Gasteiger partial charge in [0.2, 0.25) is 20.9 Å². The molecule has 0 saturated carbocycles. The van der Waals surface area contributed by atoms with Crippen molar-refractivity contribution in [2.24, 2.45) is 0 Å². The van der Waals surface area contributed by atoms with Gasteiger partial charge in [-0.25, -0.2) is 18.4 Å². The first-order chi connectivity index (χ1) is 10.7. The minimum Gasteiger partial charge on any atom is -0.325 e. The van der Waals surface area contributed by atoms with Crippen molar-refractivity contribution in [3.8, 4) is 0 Å². The molecular formula is C16H19N3O3S. The predicted octanol–water partition coefficient (Wildman–Crippen LogP) is 2.12. The van der Waals surface area contributed by atoms with Gasteiger partial charge in [0, 0.05) is 17.1 Å². The van der Waals surface area contributed by atoms with Gasteiger partial charge in [0.05, 0.1) is 0 Å². The first-order valence-corrected chi connectivity index (χ1v) is 8.75. The van der Waals surface area contributed by atoms with Crippen LogP contribution in [-0.2, 0) is 14.6 Å². The highest BCUT2D eigenvalue weighted by Crippen LogP contribution is 2.17. The summed E-state index contributed by atoms with van der Waals surface area (Å²) in [7, 11) is -3.88. The number of hydrogen-bond donors (Lipinski definition) is 1. The van der Waals surface area contributed by atoms with Crippen LogP contribution in [0.3, 0.4) is 0 Å². The molecule has 0 aliphatic carbocycles. The summed E-state index contributed by atoms with van der Waals surface area (Å²) in [5.74, 6) is -1.30. The van der Waals surface area contributed by atoms with E-state index >= 15 is 0 Å². The van der Waals surface area contributed by atoms with E-state index in [1.54, 1.807) is 26.0 Å². The van der Waals surface area contributed by atoms with Gasteiger partial charge in [-0.3, -0.25) is 4.79 Å². The molecule has 0 saturated heterocycles. The first-order valence-electron chi connectivity index (χ1n) is 7.09. The highest BCUT2D eigenvalue weighted by molar-refractivity contribution is 7.92. The van der Waals surface area contributed by atoms with Crippen molar-refractivity contribution < 1.29 is 13.2 Å². The number of carbonyl (C=O) groups is 1. The topological polar surface area (TPSA) is 89.0 Å². The fraction of sp³-hybridized carbons (Fsp3) is 0.312. The summed E-state index contributed by atoms with van der Waals surface area (Å²) in [6.07, 6.45) is 0. The highest BCUT2D eigenvalue weighted by Gasteiger charge is 2.23. The number of aryl methyl sites for hydroxylation is 4. The van der Waals surface area contributed by atoms with E-state index in [0.29, 0.717) is 17.1 Å². The molecule has 23 heavy (non-hydrogen) atoms. The van der Waals surface area contributed by atoms with E-state index in [0.717, 1.165) is 11.1 Å². The lowest BCUT2D eigenvalue weighted by atomic mass is 10.1. The van der Waals surface area contributed by atoms with Gasteiger partial charge in [0.25, 0.3) is 0 Å². The molecule has 2 rings (SSSR count). The van der Waals surface area contributed by atoms with Crippen molar-refractivity contribution >= 4 is 21.4 Å². The second-order valence-electron chi connectivity index (χ2n) is 5.56. The monoisotopic (exact) mass is 333 g/mol. The Morgan fingerprint density at radius 1 is 1.04 bits per heavy atom. The van der Waals surface area contributed by atoms with Gasteiger partial charge >= 0.3 is 0 Å². The maximum absolute atomic E-state index is 12.3. The summed E-state index contributed by atoms with van der Waals surface area (Å²) in [6, 6.07) is 7.26. The van der Waals surface area contributed by atoms with Crippen LogP contribution in [0, 0.1) is 27.7 Å². The Kier molecular flexibility index (Phi) is 4.79. The van der Waals surface area contributed by atoms with Gasteiger partial charge in [0.1, 0.15) is 5.75 Å². The number of aromatic nitrogens is 2. The molecule has 0 bridgehead atoms. The molecule has 1 heterocycles. The molecular weight excluding hydrogens is 314 g/mol. The maximum atomic E-state index is 12.3. The van der Waals surface area contributed by atoms with Gasteiger partial charge < -0.3 is 5.32 Å². The molecule has 1 aromatic carbocycles. The van der Waals surface area contributed by atoms with Crippen LogP contribution in [0.1, 0.15) is 22.5 Å². The molecule has 0 atom stereocenters. The van der Waals surface area contributed by atoms with Crippen molar-refractivity contribution in [2.45, 2.75) is 32.9 Å². The lowest BCUT2D eigenvalue weighted by Crippen LogP contribution is -2.25. The van der Waals surface area contributed by atoms with Gasteiger partial charge in [-0.1, -0.05) is 12.1 Å². The molecule has 6 nitrogen and oxygen atoms in total. The number of nitrogens with zero attached hydrogens (tertiary/aromatic N) is 2. The van der Waals surface area contributed by atoms with Crippen molar-refractivity contribution in [1.82, 2.24) is 9.97 Å². The molecule has 0 aliphatic rings. The van der Waals surface area contributed by atoms with Crippen LogP contribution in [0.4, 0.5) is 5.69 Å². The van der Waals surface area contributed by atoms with Crippen LogP contribution in [0.5, 0.6) is 0 Å². The van der Waals surface area contributed by atoms with Crippen LogP contribution >= 0.6 is 0 Å². The van der Waals surface area contributed by atoms with Crippen molar-refractivity contribution in [3.63, 3.8) is 0 Å². The Bertz CT molecular complexity index is 841. The second kappa shape index (κ2) is 6.45. The number of sulfone groups is 1. The van der Waals surface area contributed by atoms with Gasteiger partial charge in [-0.05, 0) is 51.0 Å². The lowest BCUT2D eigenvalue weighted by Gasteiger charge is -2.10. The number of nitrogens with one attached hydrogen (secondary N) is 1. The van der Waals surface area contributed by atoms with E-state index in [2.05, 4.69) is 15.3 Å². The standard InChI is InChI=1S/C16H19N3O3S/c1-10-5-6-11(2)14(7-10)19-15(20)9-23(21,22)16-17-12(3)8-13(4)18-16/h5-8H,9H2,1-4H3,(H,19,20). The summed E-state index contributed by atoms with van der Waals surface area (Å²) < 4.78 is 24.6. The summed E-state index contributed by atoms with van der Waals surface area (Å²) >= 11 is 0. The minimum absolute atomic E-state index is 0.314. The van der Waals surface area contributed by atoms with Gasteiger partial charge in [-0.15, -0.1) is 0 Å². The van der Waals surface area contributed by atoms with E-state index in [4.69, 9.17) is 0 Å². The zero-order valence-electron chi connectivity index (χ0n) is 13.5. The molecule has 0 aliphatic heterocycles. The Labute approximate surface area is 135 Å². The summed E-state index contributed by atoms with van der Waals surface area (Å²) in [4.78, 5) is 19.9. The summed E-state index contributed by atoms with van der Waals surface area (Å²) in [6.45, 7) is 7.11. The normalized spacial score (nSPS) is 11.3. The Morgan fingerprint density at radius 3 is 2.26 bits per heavy atom. The molecule has 7 heteroatoms. The third-order valence-corrected chi connectivity index (χ3v) is 4.61. The maximum Gasteiger partial charge on any atom is 0.248 e. The molecule has 0 spiro atoms. The number of hydrogen-bond acceptors (Lipinski definition) is 5. The third kappa shape index (κ3) is 4.35. The Hall–Kier alpha value is -2.28. The number of benzene rings is 1. The molecule has 0 fully saturated rings. The van der Waals surface area contributed by atoms with Crippen LogP contribution < -0.4 is 5.32 Å². The fourth-order valence-corrected chi connectivity index (χ4v) is 3.24. The van der Waals surface area contributed by atoms with Crippen LogP contribution in [0.2, 0.25) is 0 Å². The molecule has 1 N–H and O–H groups in total. The van der Waals surface area contributed by atoms with Gasteiger partial charge in [0.15, 0.2) is 0 Å². The van der Waals surface area contributed by atoms with Crippen LogP contribution in [0.15, 0.2) is 29.4 Å². The molecule has 122 valence electrons. The minimum atomic E-state index is -3.88. The smallest absolute Gasteiger partial charge is 0.248 e. The SMILES string of the molecule is Cc1ccc(C)c(NC(=O)CS(=O)(=O)c2nc(C)cc(C)n2)c1. The van der Waals surface area contributed by atoms with E-state index < -0.39 is 21.5 Å². The predicted molar refractivity (Wildman–Crippen MR) is 88.1 cm³/mol. The number of carbonyl (C=O) groups excluding carboxylic acids is 1. The first kappa shape index (κ1) is 17.1. The summed E-state index contributed by atoms with van der Waals surface area (Å²) in [5, 5.41) is 2.32. The molecule has 1 amide bonds. The quantitative estimate of drug-likeness (QED) is 0.866. The molecule has 0 unspecified atom stereocenters. The number of anilines is 1. The average molecular weight is 333 g/mol. The van der Waals surface area contributed by atoms with E-state index in [1.165, 1.54) is 0 Å². The van der Waals surface area contributed by atoms with Crippen molar-refractivity contribution in [3.05, 3.63) is 46.8 Å². The van der Waals surface area contributed by atoms with E-state index in [1.807, 2.05) is 26.0 Å². The fourth-order valence-electron chi connectivity index (χ4n) is 2.13. The second-order valence-corrected chi connectivity index (χ2v) is 7.44. The lowest BCUT2D eigenvalue weighted by molar-refractivity contribution is -0.113. The zero-order chi connectivity index (χ0) is 17.2. The molecule has 1 aromatic heterocycles. The van der Waals surface area contributed by atoms with E-state index in [-0.39, 0.29) is 5.16 Å². The Morgan fingerprint density at radius 2 is 1.65 bits per heavy atom. The van der Waals surface area contributed by atoms with Crippen LogP contribution in [0.25, 0.3) is 0 Å². The van der Waals surface area contributed by atoms with E-state index in [9.17, 15) is 13.2 Å². The van der Waals surface area contributed by atoms with Crippen molar-refractivity contribution in [1.29, 1.82) is 0 Å². The zero-order valence-corrected chi connectivity index (χ0v) is 14.4. The van der Waals surface area contributed by atoms with Gasteiger partial charge in [-0.2, -0.15) is 0 Å². The van der Waals surface area contributed by atoms with Crippen molar-refractivity contribution in [2.75, 3.05) is 11.1 Å². The third-order valence-electron chi connectivity index (χ3n) is 3.23. The largest absolute Gasteiger partial charge is 0.325 e. The van der Waals surface area contributed by atoms with Crippen LogP contribution in [-0.4, -0.2) is 30.0 Å². The number of amides is 1. The molecule has 2 aromatic rings. The number of rotatable bonds is 4. The highest BCUT2D eigenvalue weighted by atomic mass is 32.2. The average Bonchev–Trinajstić information content (AvgIpc) is 2.41. The Balaban J connectivity index is 2.20. The molecule has 0 radical (unpaired) electrons.